The molecule has 0 aliphatic carbocycles. The standard InChI is InChI=1S/C20H20N4O5/c1-27-16-9-14(10-17(11-16)28-2)18(22-23-21)19(25)24-15(12-29-20(24)26)8-13-6-4-3-5-7-13/h3-7,9-11,15,18H,8,12H2,1-2H3/t15-,18-/m0/s1. The zero-order valence-corrected chi connectivity index (χ0v) is 16.0. The monoisotopic (exact) mass is 396 g/mol. The molecule has 2 aromatic rings. The number of nitrogens with zero attached hydrogens (tertiary/aromatic N) is 4. The molecule has 2 amide bonds. The Morgan fingerprint density at radius 1 is 1.24 bits per heavy atom. The molecule has 150 valence electrons. The maximum Gasteiger partial charge on any atom is 0.417 e. The van der Waals surface area contributed by atoms with E-state index in [2.05, 4.69) is 10.0 Å². The van der Waals surface area contributed by atoms with Gasteiger partial charge in [-0.25, -0.2) is 9.69 Å². The fourth-order valence-electron chi connectivity index (χ4n) is 3.20. The van der Waals surface area contributed by atoms with Gasteiger partial charge in [-0.3, -0.25) is 4.79 Å². The molecule has 0 N–H and O–H groups in total. The molecule has 29 heavy (non-hydrogen) atoms. The molecule has 1 aliphatic rings. The number of carbonyl (C=O) groups excluding carboxylic acids is 2. The second kappa shape index (κ2) is 8.99. The van der Waals surface area contributed by atoms with Gasteiger partial charge < -0.3 is 14.2 Å². The first kappa shape index (κ1) is 20.0. The molecule has 2 atom stereocenters. The summed E-state index contributed by atoms with van der Waals surface area (Å²) in [5, 5.41) is 3.64. The van der Waals surface area contributed by atoms with Crippen LogP contribution < -0.4 is 9.47 Å². The van der Waals surface area contributed by atoms with Crippen molar-refractivity contribution in [3.8, 4) is 11.5 Å². The summed E-state index contributed by atoms with van der Waals surface area (Å²) in [5.74, 6) is 0.187. The number of rotatable bonds is 7. The quantitative estimate of drug-likeness (QED) is 0.403. The zero-order chi connectivity index (χ0) is 20.8. The van der Waals surface area contributed by atoms with E-state index in [-0.39, 0.29) is 6.61 Å². The summed E-state index contributed by atoms with van der Waals surface area (Å²) in [6.07, 6.45) is -0.327. The second-order valence-electron chi connectivity index (χ2n) is 6.38. The fraction of sp³-hybridized carbons (Fsp3) is 0.300. The summed E-state index contributed by atoms with van der Waals surface area (Å²) in [7, 11) is 2.94. The Labute approximate surface area is 167 Å². The molecule has 0 radical (unpaired) electrons. The summed E-state index contributed by atoms with van der Waals surface area (Å²) >= 11 is 0. The fourth-order valence-corrected chi connectivity index (χ4v) is 3.20. The maximum absolute atomic E-state index is 13.2. The van der Waals surface area contributed by atoms with Crippen molar-refractivity contribution in [3.63, 3.8) is 0 Å². The number of methoxy groups -OCH3 is 2. The maximum atomic E-state index is 13.2. The van der Waals surface area contributed by atoms with Crippen LogP contribution >= 0.6 is 0 Å². The lowest BCUT2D eigenvalue weighted by Crippen LogP contribution is -2.42. The molecule has 1 fully saturated rings. The number of azide groups is 1. The summed E-state index contributed by atoms with van der Waals surface area (Å²) in [4.78, 5) is 29.3. The van der Waals surface area contributed by atoms with Gasteiger partial charge in [0, 0.05) is 11.0 Å². The van der Waals surface area contributed by atoms with Crippen molar-refractivity contribution >= 4 is 12.0 Å². The van der Waals surface area contributed by atoms with Gasteiger partial charge in [0.15, 0.2) is 0 Å². The highest BCUT2D eigenvalue weighted by Gasteiger charge is 2.41. The van der Waals surface area contributed by atoms with E-state index in [0.717, 1.165) is 10.5 Å². The molecular weight excluding hydrogens is 376 g/mol. The number of hydrogen-bond donors (Lipinski definition) is 0. The number of benzene rings is 2. The van der Waals surface area contributed by atoms with E-state index in [0.29, 0.717) is 23.5 Å². The molecule has 0 bridgehead atoms. The van der Waals surface area contributed by atoms with Crippen LogP contribution in [0.2, 0.25) is 0 Å². The summed E-state index contributed by atoms with van der Waals surface area (Å²) in [6, 6.07) is 12.4. The third-order valence-corrected chi connectivity index (χ3v) is 4.60. The van der Waals surface area contributed by atoms with E-state index in [1.165, 1.54) is 14.2 Å². The van der Waals surface area contributed by atoms with E-state index >= 15 is 0 Å². The van der Waals surface area contributed by atoms with Crippen LogP contribution in [0.1, 0.15) is 17.2 Å². The molecule has 0 unspecified atom stereocenters. The van der Waals surface area contributed by atoms with E-state index in [1.54, 1.807) is 18.2 Å². The zero-order valence-electron chi connectivity index (χ0n) is 16.0. The van der Waals surface area contributed by atoms with Gasteiger partial charge in [0.2, 0.25) is 5.91 Å². The van der Waals surface area contributed by atoms with Gasteiger partial charge in [0.1, 0.15) is 24.1 Å². The average molecular weight is 396 g/mol. The summed E-state index contributed by atoms with van der Waals surface area (Å²) < 4.78 is 15.5. The Bertz CT molecular complexity index is 921. The van der Waals surface area contributed by atoms with Gasteiger partial charge in [-0.15, -0.1) is 0 Å². The predicted octanol–water partition coefficient (Wildman–Crippen LogP) is 3.65. The molecule has 1 aliphatic heterocycles. The second-order valence-corrected chi connectivity index (χ2v) is 6.38. The SMILES string of the molecule is COc1cc(OC)cc([C@H](N=[N+]=[N-])C(=O)N2C(=O)OC[C@@H]2Cc2ccccc2)c1. The van der Waals surface area contributed by atoms with Crippen molar-refractivity contribution in [3.05, 3.63) is 70.1 Å². The van der Waals surface area contributed by atoms with Crippen molar-refractivity contribution < 1.29 is 23.8 Å². The number of imide groups is 1. The molecule has 9 nitrogen and oxygen atoms in total. The van der Waals surface area contributed by atoms with Gasteiger partial charge in [-0.1, -0.05) is 35.4 Å². The highest BCUT2D eigenvalue weighted by atomic mass is 16.6. The minimum atomic E-state index is -1.27. The van der Waals surface area contributed by atoms with Crippen LogP contribution in [0.3, 0.4) is 0 Å². The van der Waals surface area contributed by atoms with Crippen LogP contribution in [0.5, 0.6) is 11.5 Å². The highest BCUT2D eigenvalue weighted by Crippen LogP contribution is 2.31. The Morgan fingerprint density at radius 3 is 2.48 bits per heavy atom. The van der Waals surface area contributed by atoms with E-state index < -0.39 is 24.1 Å². The average Bonchev–Trinajstić information content (AvgIpc) is 3.11. The molecule has 0 aromatic heterocycles. The van der Waals surface area contributed by atoms with Gasteiger partial charge in [-0.05, 0) is 35.2 Å². The van der Waals surface area contributed by atoms with Crippen molar-refractivity contribution in [2.45, 2.75) is 18.5 Å². The topological polar surface area (TPSA) is 114 Å². The van der Waals surface area contributed by atoms with Crippen molar-refractivity contribution in [1.82, 2.24) is 4.90 Å². The lowest BCUT2D eigenvalue weighted by molar-refractivity contribution is -0.130. The molecule has 0 saturated carbocycles. The van der Waals surface area contributed by atoms with Gasteiger partial charge in [0.25, 0.3) is 0 Å². The first-order chi connectivity index (χ1) is 14.1. The Kier molecular flexibility index (Phi) is 6.21. The predicted molar refractivity (Wildman–Crippen MR) is 104 cm³/mol. The first-order valence-corrected chi connectivity index (χ1v) is 8.88. The van der Waals surface area contributed by atoms with Crippen LogP contribution in [0.15, 0.2) is 53.6 Å². The summed E-state index contributed by atoms with van der Waals surface area (Å²) in [6.45, 7) is 0.0733. The third kappa shape index (κ3) is 4.41. The molecule has 1 saturated heterocycles. The Balaban J connectivity index is 1.93. The third-order valence-electron chi connectivity index (χ3n) is 4.60. The van der Waals surface area contributed by atoms with Crippen LogP contribution in [0.25, 0.3) is 10.4 Å². The number of hydrogen-bond acceptors (Lipinski definition) is 6. The molecule has 9 heteroatoms. The molecule has 1 heterocycles. The van der Waals surface area contributed by atoms with Crippen LogP contribution in [0.4, 0.5) is 4.79 Å². The summed E-state index contributed by atoms with van der Waals surface area (Å²) in [5.41, 5.74) is 10.3. The lowest BCUT2D eigenvalue weighted by Gasteiger charge is -2.23. The van der Waals surface area contributed by atoms with Gasteiger partial charge >= 0.3 is 6.09 Å². The molecule has 2 aromatic carbocycles. The smallest absolute Gasteiger partial charge is 0.417 e. The normalized spacial score (nSPS) is 16.6. The van der Waals surface area contributed by atoms with E-state index in [4.69, 9.17) is 19.7 Å². The number of carbonyl (C=O) groups is 2. The van der Waals surface area contributed by atoms with Crippen molar-refractivity contribution in [2.75, 3.05) is 20.8 Å². The Hall–Kier alpha value is -3.71. The van der Waals surface area contributed by atoms with E-state index in [1.807, 2.05) is 30.3 Å². The van der Waals surface area contributed by atoms with Crippen molar-refractivity contribution in [2.24, 2.45) is 5.11 Å². The largest absolute Gasteiger partial charge is 0.497 e. The van der Waals surface area contributed by atoms with Crippen LogP contribution in [-0.4, -0.2) is 43.8 Å². The first-order valence-electron chi connectivity index (χ1n) is 8.88. The molecular formula is C20H20N4O5. The molecule has 3 rings (SSSR count). The number of cyclic esters (lactones) is 1. The van der Waals surface area contributed by atoms with Crippen molar-refractivity contribution in [1.29, 1.82) is 0 Å². The minimum Gasteiger partial charge on any atom is -0.497 e. The number of amides is 2. The van der Waals surface area contributed by atoms with E-state index in [9.17, 15) is 9.59 Å². The minimum absolute atomic E-state index is 0.0733. The number of ether oxygens (including phenoxy) is 3. The molecule has 0 spiro atoms. The Morgan fingerprint density at radius 2 is 1.90 bits per heavy atom. The van der Waals surface area contributed by atoms with Gasteiger partial charge in [0.05, 0.1) is 20.3 Å². The van der Waals surface area contributed by atoms with Crippen LogP contribution in [0, 0.1) is 0 Å². The van der Waals surface area contributed by atoms with Crippen LogP contribution in [-0.2, 0) is 16.0 Å². The highest BCUT2D eigenvalue weighted by molar-refractivity contribution is 5.97. The lowest BCUT2D eigenvalue weighted by atomic mass is 10.0. The van der Waals surface area contributed by atoms with Gasteiger partial charge in [-0.2, -0.15) is 0 Å².